The molecule has 0 saturated carbocycles. The molecule has 2 rings (SSSR count). The topological polar surface area (TPSA) is 44.5 Å². The van der Waals surface area contributed by atoms with Gasteiger partial charge >= 0.3 is 0 Å². The van der Waals surface area contributed by atoms with E-state index in [-0.39, 0.29) is 5.82 Å². The molecule has 2 aromatic rings. The molecule has 0 aliphatic heterocycles. The number of rotatable bonds is 4. The summed E-state index contributed by atoms with van der Waals surface area (Å²) in [5.41, 5.74) is 7.50. The summed E-state index contributed by atoms with van der Waals surface area (Å²) in [5, 5.41) is 0.334. The fourth-order valence-corrected chi connectivity index (χ4v) is 2.93. The minimum Gasteiger partial charge on any atom is -0.495 e. The summed E-state index contributed by atoms with van der Waals surface area (Å²) in [4.78, 5) is 0. The Hall–Kier alpha value is -1.30. The summed E-state index contributed by atoms with van der Waals surface area (Å²) in [6.07, 6.45) is 0. The van der Waals surface area contributed by atoms with Gasteiger partial charge in [0.15, 0.2) is 0 Å². The van der Waals surface area contributed by atoms with Gasteiger partial charge in [0.1, 0.15) is 22.3 Å². The van der Waals surface area contributed by atoms with E-state index in [1.807, 2.05) is 0 Å². The molecule has 0 aliphatic rings. The summed E-state index contributed by atoms with van der Waals surface area (Å²) in [6, 6.07) is 7.58. The molecule has 0 saturated heterocycles. The largest absolute Gasteiger partial charge is 0.495 e. The van der Waals surface area contributed by atoms with Crippen molar-refractivity contribution >= 4 is 27.5 Å². The van der Waals surface area contributed by atoms with Crippen LogP contribution in [0.5, 0.6) is 11.5 Å². The third-order valence-corrected chi connectivity index (χ3v) is 4.36. The fraction of sp³-hybridized carbons (Fsp3) is 0.200. The Balaban J connectivity index is 2.56. The molecule has 1 unspecified atom stereocenters. The quantitative estimate of drug-likeness (QED) is 0.867. The normalized spacial score (nSPS) is 12.1. The minimum atomic E-state index is -0.589. The van der Waals surface area contributed by atoms with E-state index in [2.05, 4.69) is 15.9 Å². The van der Waals surface area contributed by atoms with Crippen LogP contribution in [-0.4, -0.2) is 14.2 Å². The van der Waals surface area contributed by atoms with Gasteiger partial charge in [-0.2, -0.15) is 0 Å². The zero-order valence-corrected chi connectivity index (χ0v) is 13.8. The van der Waals surface area contributed by atoms with Gasteiger partial charge in [0.25, 0.3) is 0 Å². The summed E-state index contributed by atoms with van der Waals surface area (Å²) >= 11 is 9.44. The maximum absolute atomic E-state index is 13.7. The van der Waals surface area contributed by atoms with Crippen molar-refractivity contribution in [3.63, 3.8) is 0 Å². The molecule has 0 aliphatic carbocycles. The summed E-state index contributed by atoms with van der Waals surface area (Å²) in [5.74, 6) is 0.531. The first-order valence-electron chi connectivity index (χ1n) is 6.11. The second-order valence-electron chi connectivity index (χ2n) is 4.32. The van der Waals surface area contributed by atoms with Crippen molar-refractivity contribution in [1.29, 1.82) is 0 Å². The lowest BCUT2D eigenvalue weighted by Gasteiger charge is -2.19. The van der Waals surface area contributed by atoms with E-state index < -0.39 is 6.04 Å². The van der Waals surface area contributed by atoms with Crippen molar-refractivity contribution in [3.05, 3.63) is 56.8 Å². The van der Waals surface area contributed by atoms with Gasteiger partial charge in [-0.25, -0.2) is 4.39 Å². The molecule has 3 nitrogen and oxygen atoms in total. The van der Waals surface area contributed by atoms with Crippen LogP contribution in [0, 0.1) is 5.82 Å². The number of methoxy groups -OCH3 is 2. The van der Waals surface area contributed by atoms with Crippen LogP contribution >= 0.6 is 27.5 Å². The van der Waals surface area contributed by atoms with Crippen LogP contribution < -0.4 is 15.2 Å². The van der Waals surface area contributed by atoms with Gasteiger partial charge in [0.05, 0.1) is 24.7 Å². The minimum absolute atomic E-state index is 0.325. The van der Waals surface area contributed by atoms with Gasteiger partial charge in [0.2, 0.25) is 0 Å². The van der Waals surface area contributed by atoms with Gasteiger partial charge < -0.3 is 15.2 Å². The molecule has 0 radical (unpaired) electrons. The molecular weight excluding hydrogens is 361 g/mol. The van der Waals surface area contributed by atoms with E-state index in [0.29, 0.717) is 32.1 Å². The Morgan fingerprint density at radius 2 is 1.86 bits per heavy atom. The SMILES string of the molecule is COc1ccc(C(N)c2cccc(F)c2Br)c(OC)c1Cl. The molecule has 112 valence electrons. The molecule has 0 aromatic heterocycles. The predicted octanol–water partition coefficient (Wildman–Crippen LogP) is 4.31. The highest BCUT2D eigenvalue weighted by Crippen LogP contribution is 2.41. The molecule has 21 heavy (non-hydrogen) atoms. The lowest BCUT2D eigenvalue weighted by molar-refractivity contribution is 0.390. The molecule has 2 N–H and O–H groups in total. The zero-order chi connectivity index (χ0) is 15.6. The molecule has 0 amide bonds. The van der Waals surface area contributed by atoms with Crippen LogP contribution in [0.15, 0.2) is 34.8 Å². The number of hydrogen-bond acceptors (Lipinski definition) is 3. The first-order valence-corrected chi connectivity index (χ1v) is 7.28. The average Bonchev–Trinajstić information content (AvgIpc) is 2.49. The van der Waals surface area contributed by atoms with E-state index in [0.717, 1.165) is 0 Å². The van der Waals surface area contributed by atoms with Crippen LogP contribution in [0.3, 0.4) is 0 Å². The lowest BCUT2D eigenvalue weighted by Crippen LogP contribution is -2.14. The zero-order valence-electron chi connectivity index (χ0n) is 11.5. The van der Waals surface area contributed by atoms with Gasteiger partial charge in [-0.15, -0.1) is 0 Å². The number of benzene rings is 2. The summed E-state index contributed by atoms with van der Waals surface area (Å²) in [7, 11) is 3.01. The van der Waals surface area contributed by atoms with E-state index in [9.17, 15) is 4.39 Å². The first-order chi connectivity index (χ1) is 10.0. The Morgan fingerprint density at radius 1 is 1.14 bits per heavy atom. The maximum Gasteiger partial charge on any atom is 0.146 e. The Labute approximate surface area is 135 Å². The van der Waals surface area contributed by atoms with Crippen molar-refractivity contribution in [2.45, 2.75) is 6.04 Å². The lowest BCUT2D eigenvalue weighted by atomic mass is 9.98. The van der Waals surface area contributed by atoms with Crippen molar-refractivity contribution in [3.8, 4) is 11.5 Å². The van der Waals surface area contributed by atoms with Gasteiger partial charge in [-0.1, -0.05) is 23.7 Å². The molecule has 0 heterocycles. The molecule has 1 atom stereocenters. The standard InChI is InChI=1S/C15H14BrClFNO2/c1-20-11-7-6-9(15(21-2)13(11)17)14(19)8-4-3-5-10(18)12(8)16/h3-7,14H,19H2,1-2H3. The smallest absolute Gasteiger partial charge is 0.146 e. The monoisotopic (exact) mass is 373 g/mol. The summed E-state index contributed by atoms with van der Waals surface area (Å²) in [6.45, 7) is 0. The van der Waals surface area contributed by atoms with Crippen LogP contribution in [0.1, 0.15) is 17.2 Å². The van der Waals surface area contributed by atoms with Crippen LogP contribution in [-0.2, 0) is 0 Å². The van der Waals surface area contributed by atoms with E-state index in [1.54, 1.807) is 24.3 Å². The van der Waals surface area contributed by atoms with Crippen molar-refractivity contribution in [2.75, 3.05) is 14.2 Å². The van der Waals surface area contributed by atoms with Gasteiger partial charge in [0, 0.05) is 5.56 Å². The van der Waals surface area contributed by atoms with Crippen molar-refractivity contribution in [2.24, 2.45) is 5.73 Å². The Bertz CT molecular complexity index is 666. The Morgan fingerprint density at radius 3 is 2.48 bits per heavy atom. The van der Waals surface area contributed by atoms with Crippen LogP contribution in [0.25, 0.3) is 0 Å². The third kappa shape index (κ3) is 3.00. The van der Waals surface area contributed by atoms with Crippen molar-refractivity contribution in [1.82, 2.24) is 0 Å². The number of nitrogens with two attached hydrogens (primary N) is 1. The highest BCUT2D eigenvalue weighted by atomic mass is 79.9. The first kappa shape index (κ1) is 16.1. The summed E-state index contributed by atoms with van der Waals surface area (Å²) < 4.78 is 24.5. The number of hydrogen-bond donors (Lipinski definition) is 1. The van der Waals surface area contributed by atoms with Crippen LogP contribution in [0.4, 0.5) is 4.39 Å². The molecule has 0 spiro atoms. The van der Waals surface area contributed by atoms with E-state index in [1.165, 1.54) is 20.3 Å². The van der Waals surface area contributed by atoms with E-state index >= 15 is 0 Å². The number of ether oxygens (including phenoxy) is 2. The van der Waals surface area contributed by atoms with Crippen molar-refractivity contribution < 1.29 is 13.9 Å². The second-order valence-corrected chi connectivity index (χ2v) is 5.50. The maximum atomic E-state index is 13.7. The molecule has 2 aromatic carbocycles. The molecular formula is C15H14BrClFNO2. The average molecular weight is 375 g/mol. The third-order valence-electron chi connectivity index (χ3n) is 3.17. The fourth-order valence-electron chi connectivity index (χ4n) is 2.09. The highest BCUT2D eigenvalue weighted by molar-refractivity contribution is 9.10. The second kappa shape index (κ2) is 6.64. The van der Waals surface area contributed by atoms with Gasteiger partial charge in [-0.05, 0) is 39.7 Å². The van der Waals surface area contributed by atoms with Crippen LogP contribution in [0.2, 0.25) is 5.02 Å². The molecule has 6 heteroatoms. The Kier molecular flexibility index (Phi) is 5.08. The highest BCUT2D eigenvalue weighted by Gasteiger charge is 2.21. The predicted molar refractivity (Wildman–Crippen MR) is 84.7 cm³/mol. The van der Waals surface area contributed by atoms with E-state index in [4.69, 9.17) is 26.8 Å². The molecule has 0 fully saturated rings. The van der Waals surface area contributed by atoms with Gasteiger partial charge in [-0.3, -0.25) is 0 Å². The number of halogens is 3. The molecule has 0 bridgehead atoms.